The van der Waals surface area contributed by atoms with Gasteiger partial charge >= 0.3 is 0 Å². The summed E-state index contributed by atoms with van der Waals surface area (Å²) in [6, 6.07) is 4.09. The first-order valence-corrected chi connectivity index (χ1v) is 8.33. The highest BCUT2D eigenvalue weighted by Crippen LogP contribution is 2.30. The summed E-state index contributed by atoms with van der Waals surface area (Å²) in [6.45, 7) is 2.93. The minimum atomic E-state index is -0.479. The molecule has 3 heterocycles. The van der Waals surface area contributed by atoms with Crippen molar-refractivity contribution in [2.75, 3.05) is 26.7 Å². The van der Waals surface area contributed by atoms with Gasteiger partial charge in [-0.1, -0.05) is 6.07 Å². The minimum Gasteiger partial charge on any atom is -0.341 e. The van der Waals surface area contributed by atoms with Crippen LogP contribution in [0.2, 0.25) is 0 Å². The van der Waals surface area contributed by atoms with Crippen molar-refractivity contribution in [3.63, 3.8) is 0 Å². The second kappa shape index (κ2) is 5.84. The standard InChI is InChI=1S/C15H23N3OS/c1-17-7-2-4-11-10-18(8-6-12(11)17)15(19)14(16)13-5-3-9-20-13/h3,5,9,11-12,14H,2,4,6-8,10,16H2,1H3. The zero-order valence-electron chi connectivity index (χ0n) is 12.0. The molecule has 0 radical (unpaired) electrons. The summed E-state index contributed by atoms with van der Waals surface area (Å²) in [7, 11) is 2.21. The van der Waals surface area contributed by atoms with E-state index < -0.39 is 6.04 Å². The highest BCUT2D eigenvalue weighted by Gasteiger charge is 2.37. The molecule has 3 unspecified atom stereocenters. The lowest BCUT2D eigenvalue weighted by molar-refractivity contribution is -0.136. The lowest BCUT2D eigenvalue weighted by Gasteiger charge is -2.46. The quantitative estimate of drug-likeness (QED) is 0.903. The molecule has 110 valence electrons. The van der Waals surface area contributed by atoms with Crippen LogP contribution in [0.4, 0.5) is 0 Å². The number of fused-ring (bicyclic) bond motifs is 1. The molecule has 0 aliphatic carbocycles. The molecule has 5 heteroatoms. The van der Waals surface area contributed by atoms with E-state index in [1.54, 1.807) is 11.3 Å². The fraction of sp³-hybridized carbons (Fsp3) is 0.667. The summed E-state index contributed by atoms with van der Waals surface area (Å²) >= 11 is 1.57. The first-order valence-electron chi connectivity index (χ1n) is 7.45. The summed E-state index contributed by atoms with van der Waals surface area (Å²) in [5, 5.41) is 1.98. The molecule has 0 aromatic carbocycles. The number of piperidine rings is 2. The Morgan fingerprint density at radius 1 is 1.45 bits per heavy atom. The SMILES string of the molecule is CN1CCCC2CN(C(=O)C(N)c3cccs3)CCC21. The lowest BCUT2D eigenvalue weighted by atomic mass is 9.84. The molecule has 2 saturated heterocycles. The number of carbonyl (C=O) groups is 1. The van der Waals surface area contributed by atoms with Gasteiger partial charge in [-0.15, -0.1) is 11.3 Å². The first-order chi connectivity index (χ1) is 9.66. The summed E-state index contributed by atoms with van der Waals surface area (Å²) in [5.41, 5.74) is 6.12. The van der Waals surface area contributed by atoms with Gasteiger partial charge in [0.25, 0.3) is 0 Å². The van der Waals surface area contributed by atoms with Gasteiger partial charge in [0.1, 0.15) is 6.04 Å². The van der Waals surface area contributed by atoms with Crippen LogP contribution in [0.25, 0.3) is 0 Å². The van der Waals surface area contributed by atoms with Crippen LogP contribution in [0.1, 0.15) is 30.2 Å². The monoisotopic (exact) mass is 293 g/mol. The maximum Gasteiger partial charge on any atom is 0.244 e. The van der Waals surface area contributed by atoms with E-state index in [-0.39, 0.29) is 5.91 Å². The van der Waals surface area contributed by atoms with Gasteiger partial charge in [-0.25, -0.2) is 0 Å². The highest BCUT2D eigenvalue weighted by atomic mass is 32.1. The van der Waals surface area contributed by atoms with Crippen LogP contribution < -0.4 is 5.73 Å². The molecule has 20 heavy (non-hydrogen) atoms. The third-order valence-electron chi connectivity index (χ3n) is 4.77. The Morgan fingerprint density at radius 2 is 2.30 bits per heavy atom. The van der Waals surface area contributed by atoms with Gasteiger partial charge in [-0.3, -0.25) is 4.79 Å². The zero-order chi connectivity index (χ0) is 14.1. The molecule has 3 atom stereocenters. The molecule has 1 amide bonds. The number of thiophene rings is 1. The van der Waals surface area contributed by atoms with Crippen LogP contribution in [-0.2, 0) is 4.79 Å². The van der Waals surface area contributed by atoms with Crippen LogP contribution in [0.3, 0.4) is 0 Å². The molecule has 2 fully saturated rings. The Balaban J connectivity index is 1.65. The van der Waals surface area contributed by atoms with Gasteiger partial charge in [-0.05, 0) is 50.2 Å². The molecule has 2 aliphatic rings. The molecule has 1 aromatic rings. The molecular formula is C15H23N3OS. The second-order valence-electron chi connectivity index (χ2n) is 6.02. The van der Waals surface area contributed by atoms with E-state index in [0.29, 0.717) is 12.0 Å². The summed E-state index contributed by atoms with van der Waals surface area (Å²) in [4.78, 5) is 18.0. The van der Waals surface area contributed by atoms with Crippen LogP contribution in [0.5, 0.6) is 0 Å². The molecule has 2 N–H and O–H groups in total. The van der Waals surface area contributed by atoms with E-state index in [2.05, 4.69) is 11.9 Å². The minimum absolute atomic E-state index is 0.0964. The van der Waals surface area contributed by atoms with Crippen molar-refractivity contribution in [1.82, 2.24) is 9.80 Å². The van der Waals surface area contributed by atoms with E-state index in [9.17, 15) is 4.79 Å². The van der Waals surface area contributed by atoms with E-state index in [1.807, 2.05) is 22.4 Å². The lowest BCUT2D eigenvalue weighted by Crippen LogP contribution is -2.55. The molecular weight excluding hydrogens is 270 g/mol. The molecule has 0 saturated carbocycles. The Kier molecular flexibility index (Phi) is 4.10. The predicted molar refractivity (Wildman–Crippen MR) is 81.6 cm³/mol. The summed E-state index contributed by atoms with van der Waals surface area (Å²) in [5.74, 6) is 0.723. The molecule has 4 nitrogen and oxygen atoms in total. The van der Waals surface area contributed by atoms with Crippen LogP contribution >= 0.6 is 11.3 Å². The van der Waals surface area contributed by atoms with Gasteiger partial charge in [-0.2, -0.15) is 0 Å². The van der Waals surface area contributed by atoms with Crippen molar-refractivity contribution in [2.45, 2.75) is 31.3 Å². The van der Waals surface area contributed by atoms with Crippen molar-refractivity contribution in [2.24, 2.45) is 11.7 Å². The highest BCUT2D eigenvalue weighted by molar-refractivity contribution is 7.10. The molecule has 0 bridgehead atoms. The van der Waals surface area contributed by atoms with Gasteiger partial charge in [0.2, 0.25) is 5.91 Å². The number of amides is 1. The molecule has 3 rings (SSSR count). The van der Waals surface area contributed by atoms with Gasteiger partial charge in [0.05, 0.1) is 0 Å². The normalized spacial score (nSPS) is 29.0. The van der Waals surface area contributed by atoms with Crippen LogP contribution in [-0.4, -0.2) is 48.4 Å². The Morgan fingerprint density at radius 3 is 3.05 bits per heavy atom. The van der Waals surface area contributed by atoms with Crippen LogP contribution in [0, 0.1) is 5.92 Å². The second-order valence-corrected chi connectivity index (χ2v) is 7.00. The average molecular weight is 293 g/mol. The number of nitrogens with zero attached hydrogens (tertiary/aromatic N) is 2. The van der Waals surface area contributed by atoms with Crippen molar-refractivity contribution >= 4 is 17.2 Å². The third kappa shape index (κ3) is 2.62. The van der Waals surface area contributed by atoms with E-state index in [0.717, 1.165) is 24.4 Å². The fourth-order valence-electron chi connectivity index (χ4n) is 3.64. The zero-order valence-corrected chi connectivity index (χ0v) is 12.8. The molecule has 2 aliphatic heterocycles. The van der Waals surface area contributed by atoms with Crippen molar-refractivity contribution < 1.29 is 4.79 Å². The third-order valence-corrected chi connectivity index (χ3v) is 5.73. The smallest absolute Gasteiger partial charge is 0.244 e. The summed E-state index contributed by atoms with van der Waals surface area (Å²) in [6.07, 6.45) is 3.58. The average Bonchev–Trinajstić information content (AvgIpc) is 3.00. The summed E-state index contributed by atoms with van der Waals surface area (Å²) < 4.78 is 0. The largest absolute Gasteiger partial charge is 0.341 e. The van der Waals surface area contributed by atoms with Crippen molar-refractivity contribution in [3.8, 4) is 0 Å². The first kappa shape index (κ1) is 14.0. The van der Waals surface area contributed by atoms with Gasteiger partial charge in [0, 0.05) is 24.0 Å². The molecule has 1 aromatic heterocycles. The van der Waals surface area contributed by atoms with Gasteiger partial charge < -0.3 is 15.5 Å². The fourth-order valence-corrected chi connectivity index (χ4v) is 4.36. The van der Waals surface area contributed by atoms with Crippen molar-refractivity contribution in [3.05, 3.63) is 22.4 Å². The van der Waals surface area contributed by atoms with E-state index in [1.165, 1.54) is 19.4 Å². The van der Waals surface area contributed by atoms with Crippen molar-refractivity contribution in [1.29, 1.82) is 0 Å². The Bertz CT molecular complexity index is 462. The predicted octanol–water partition coefficient (Wildman–Crippen LogP) is 1.69. The Labute approximate surface area is 124 Å². The number of likely N-dealkylation sites (tertiary alicyclic amines) is 2. The van der Waals surface area contributed by atoms with Gasteiger partial charge in [0.15, 0.2) is 0 Å². The number of hydrogen-bond donors (Lipinski definition) is 1. The van der Waals surface area contributed by atoms with E-state index >= 15 is 0 Å². The van der Waals surface area contributed by atoms with E-state index in [4.69, 9.17) is 5.73 Å². The van der Waals surface area contributed by atoms with Crippen LogP contribution in [0.15, 0.2) is 17.5 Å². The maximum absolute atomic E-state index is 12.5. The number of carbonyl (C=O) groups excluding carboxylic acids is 1. The number of rotatable bonds is 2. The topological polar surface area (TPSA) is 49.6 Å². The molecule has 0 spiro atoms. The Hall–Kier alpha value is -0.910. The number of hydrogen-bond acceptors (Lipinski definition) is 4. The number of nitrogens with two attached hydrogens (primary N) is 1. The maximum atomic E-state index is 12.5.